The summed E-state index contributed by atoms with van der Waals surface area (Å²) in [7, 11) is -2.37. The number of likely N-dealkylation sites (tertiary alicyclic amines) is 1. The Hall–Kier alpha value is -5.40. The number of sulfonamides is 1. The first-order valence-corrected chi connectivity index (χ1v) is 16.8. The zero-order valence-electron chi connectivity index (χ0n) is 26.0. The lowest BCUT2D eigenvalue weighted by molar-refractivity contribution is -0.123. The number of carbonyl (C=O) groups excluding carboxylic acids is 3. The normalized spacial score (nSPS) is 18.3. The topological polar surface area (TPSA) is 166 Å². The van der Waals surface area contributed by atoms with Crippen molar-refractivity contribution in [1.82, 2.24) is 15.5 Å². The van der Waals surface area contributed by atoms with E-state index in [1.54, 1.807) is 53.4 Å². The molecule has 248 valence electrons. The van der Waals surface area contributed by atoms with Gasteiger partial charge in [-0.05, 0) is 77.9 Å². The number of fused-ring (bicyclic) bond motifs is 7. The van der Waals surface area contributed by atoms with Crippen LogP contribution in [0, 0.1) is 0 Å². The average molecular weight is 671 g/mol. The van der Waals surface area contributed by atoms with E-state index in [9.17, 15) is 22.8 Å². The molecule has 3 amide bonds. The number of hydrogen-bond donors (Lipinski definition) is 3. The van der Waals surface area contributed by atoms with Crippen molar-refractivity contribution in [3.05, 3.63) is 108 Å². The molecule has 2 atom stereocenters. The third-order valence-corrected chi connectivity index (χ3v) is 9.19. The van der Waals surface area contributed by atoms with Gasteiger partial charge in [0.1, 0.15) is 23.4 Å². The van der Waals surface area contributed by atoms with Gasteiger partial charge in [-0.15, -0.1) is 0 Å². The van der Waals surface area contributed by atoms with E-state index in [4.69, 9.17) is 19.3 Å². The van der Waals surface area contributed by atoms with Crippen LogP contribution < -0.4 is 30.0 Å². The van der Waals surface area contributed by atoms with Gasteiger partial charge in [0.05, 0.1) is 18.0 Å². The monoisotopic (exact) mass is 670 g/mol. The molecule has 4 aromatic carbocycles. The molecule has 1 fully saturated rings. The third kappa shape index (κ3) is 7.42. The van der Waals surface area contributed by atoms with E-state index < -0.39 is 22.2 Å². The van der Waals surface area contributed by atoms with Crippen molar-refractivity contribution in [3.8, 4) is 28.4 Å². The fourth-order valence-electron chi connectivity index (χ4n) is 5.71. The van der Waals surface area contributed by atoms with Crippen molar-refractivity contribution in [2.24, 2.45) is 5.14 Å². The highest BCUT2D eigenvalue weighted by Gasteiger charge is 2.35. The molecule has 0 radical (unpaired) electrons. The van der Waals surface area contributed by atoms with Crippen LogP contribution in [-0.4, -0.2) is 70.0 Å². The molecular weight excluding hydrogens is 636 g/mol. The van der Waals surface area contributed by atoms with Crippen molar-refractivity contribution in [1.29, 1.82) is 0 Å². The summed E-state index contributed by atoms with van der Waals surface area (Å²) in [5.41, 5.74) is 2.86. The number of benzene rings is 4. The maximum absolute atomic E-state index is 13.8. The molecular formula is C35H34N4O8S. The predicted molar refractivity (Wildman–Crippen MR) is 176 cm³/mol. The first kappa shape index (κ1) is 32.5. The van der Waals surface area contributed by atoms with Gasteiger partial charge >= 0.3 is 0 Å². The average Bonchev–Trinajstić information content (AvgIpc) is 3.10. The molecule has 0 unspecified atom stereocenters. The smallest absolute Gasteiger partial charge is 0.258 e. The summed E-state index contributed by atoms with van der Waals surface area (Å²) >= 11 is 0. The molecule has 7 rings (SSSR count). The summed E-state index contributed by atoms with van der Waals surface area (Å²) in [4.78, 5) is 41.4. The molecule has 6 bridgehead atoms. The molecule has 0 aliphatic carbocycles. The molecule has 4 N–H and O–H groups in total. The van der Waals surface area contributed by atoms with Crippen LogP contribution in [0.5, 0.6) is 17.2 Å². The van der Waals surface area contributed by atoms with Gasteiger partial charge in [-0.25, -0.2) is 13.6 Å². The lowest BCUT2D eigenvalue weighted by Crippen LogP contribution is -2.58. The minimum absolute atomic E-state index is 0.0972. The SMILES string of the molecule is COc1ccc2cc1-c1cccc(c1)OCC(=O)NCc1ccc(cc1)O[C@@H]1CCN(C(=O)c3ccc(S(N)(=O)=O)cc3)C[C@H]1NC2=O. The maximum atomic E-state index is 13.8. The van der Waals surface area contributed by atoms with Crippen molar-refractivity contribution in [2.75, 3.05) is 26.8 Å². The van der Waals surface area contributed by atoms with E-state index in [0.717, 1.165) is 11.1 Å². The van der Waals surface area contributed by atoms with Gasteiger partial charge in [-0.1, -0.05) is 24.3 Å². The number of hydrogen-bond acceptors (Lipinski definition) is 8. The van der Waals surface area contributed by atoms with Gasteiger partial charge in [-0.3, -0.25) is 14.4 Å². The van der Waals surface area contributed by atoms with E-state index >= 15 is 0 Å². The number of carbonyl (C=O) groups is 3. The molecule has 4 aromatic rings. The second kappa shape index (κ2) is 13.8. The molecule has 0 aromatic heterocycles. The van der Waals surface area contributed by atoms with Crippen LogP contribution in [-0.2, 0) is 21.4 Å². The van der Waals surface area contributed by atoms with Crippen LogP contribution in [0.4, 0.5) is 0 Å². The van der Waals surface area contributed by atoms with E-state index in [-0.39, 0.29) is 41.3 Å². The minimum atomic E-state index is -3.91. The molecule has 1 saturated heterocycles. The largest absolute Gasteiger partial charge is 0.496 e. The predicted octanol–water partition coefficient (Wildman–Crippen LogP) is 3.11. The Kier molecular flexibility index (Phi) is 9.33. The van der Waals surface area contributed by atoms with Crippen LogP contribution in [0.15, 0.2) is 95.9 Å². The van der Waals surface area contributed by atoms with Gasteiger partial charge in [0.2, 0.25) is 10.0 Å². The minimum Gasteiger partial charge on any atom is -0.496 e. The summed E-state index contributed by atoms with van der Waals surface area (Å²) in [6.45, 7) is 0.596. The summed E-state index contributed by atoms with van der Waals surface area (Å²) in [5.74, 6) is 0.597. The Labute approximate surface area is 277 Å². The number of nitrogens with zero attached hydrogens (tertiary/aromatic N) is 1. The number of primary sulfonamides is 1. The fraction of sp³-hybridized carbons (Fsp3) is 0.229. The van der Waals surface area contributed by atoms with Crippen molar-refractivity contribution < 1.29 is 37.0 Å². The molecule has 3 heterocycles. The molecule has 48 heavy (non-hydrogen) atoms. The summed E-state index contributed by atoms with van der Waals surface area (Å²) in [6, 6.07) is 24.3. The standard InChI is InChI=1S/C35H34N4O8S/c1-45-31-14-9-25-18-29(31)24-3-2-4-27(17-24)46-21-33(40)37-19-22-5-10-26(11-6-22)47-32-15-16-39(20-30(32)38-34(25)41)35(42)23-7-12-28(13-8-23)48(36,43)44/h2-14,17-18,30,32H,15-16,19-21H2,1H3,(H,37,40)(H,38,41)(H2,36,43,44)/t30-,32-/m1/s1. The van der Waals surface area contributed by atoms with Crippen LogP contribution in [0.25, 0.3) is 11.1 Å². The highest BCUT2D eigenvalue weighted by Crippen LogP contribution is 2.33. The Balaban J connectivity index is 1.32. The number of amides is 3. The van der Waals surface area contributed by atoms with Crippen molar-refractivity contribution >= 4 is 27.7 Å². The van der Waals surface area contributed by atoms with Gasteiger partial charge < -0.3 is 29.7 Å². The molecule has 0 saturated carbocycles. The van der Waals surface area contributed by atoms with Crippen molar-refractivity contribution in [2.45, 2.75) is 30.0 Å². The van der Waals surface area contributed by atoms with E-state index in [1.165, 1.54) is 31.4 Å². The second-order valence-corrected chi connectivity index (χ2v) is 13.1. The number of nitrogens with one attached hydrogen (secondary N) is 2. The van der Waals surface area contributed by atoms with Gasteiger partial charge in [0.15, 0.2) is 6.61 Å². The number of methoxy groups -OCH3 is 1. The number of ether oxygens (including phenoxy) is 3. The first-order chi connectivity index (χ1) is 23.1. The number of nitrogens with two attached hydrogens (primary N) is 1. The molecule has 13 heteroatoms. The first-order valence-electron chi connectivity index (χ1n) is 15.2. The summed E-state index contributed by atoms with van der Waals surface area (Å²) in [6.07, 6.45) is -0.0739. The summed E-state index contributed by atoms with van der Waals surface area (Å²) in [5, 5.41) is 11.2. The zero-order valence-corrected chi connectivity index (χ0v) is 26.9. The lowest BCUT2D eigenvalue weighted by Gasteiger charge is -2.39. The van der Waals surface area contributed by atoms with E-state index in [2.05, 4.69) is 10.6 Å². The van der Waals surface area contributed by atoms with Gasteiger partial charge in [0, 0.05) is 42.7 Å². The van der Waals surface area contributed by atoms with E-state index in [1.807, 2.05) is 18.2 Å². The van der Waals surface area contributed by atoms with Gasteiger partial charge in [0.25, 0.3) is 17.7 Å². The Morgan fingerprint density at radius 1 is 0.938 bits per heavy atom. The third-order valence-electron chi connectivity index (χ3n) is 8.26. The lowest BCUT2D eigenvalue weighted by atomic mass is 9.98. The second-order valence-electron chi connectivity index (χ2n) is 11.5. The zero-order chi connectivity index (χ0) is 33.8. The van der Waals surface area contributed by atoms with Crippen molar-refractivity contribution in [3.63, 3.8) is 0 Å². The molecule has 12 nitrogen and oxygen atoms in total. The quantitative estimate of drug-likeness (QED) is 0.299. The maximum Gasteiger partial charge on any atom is 0.258 e. The number of piperidine rings is 1. The molecule has 3 aliphatic rings. The van der Waals surface area contributed by atoms with Crippen LogP contribution in [0.2, 0.25) is 0 Å². The molecule has 3 aliphatic heterocycles. The Bertz CT molecular complexity index is 1950. The van der Waals surface area contributed by atoms with E-state index in [0.29, 0.717) is 47.9 Å². The Morgan fingerprint density at radius 2 is 1.71 bits per heavy atom. The van der Waals surface area contributed by atoms with Crippen LogP contribution in [0.1, 0.15) is 32.7 Å². The highest BCUT2D eigenvalue weighted by molar-refractivity contribution is 7.89. The number of rotatable bonds is 3. The molecule has 0 spiro atoms. The highest BCUT2D eigenvalue weighted by atomic mass is 32.2. The Morgan fingerprint density at radius 3 is 2.44 bits per heavy atom. The van der Waals surface area contributed by atoms with Gasteiger partial charge in [-0.2, -0.15) is 0 Å². The van der Waals surface area contributed by atoms with Crippen LogP contribution in [0.3, 0.4) is 0 Å². The summed E-state index contributed by atoms with van der Waals surface area (Å²) < 4.78 is 41.1. The fourth-order valence-corrected chi connectivity index (χ4v) is 6.22. The van der Waals surface area contributed by atoms with Crippen LogP contribution >= 0.6 is 0 Å².